The number of aryl methyl sites for hydroxylation is 1. The summed E-state index contributed by atoms with van der Waals surface area (Å²) in [5.74, 6) is -0.00926. The van der Waals surface area contributed by atoms with E-state index in [9.17, 15) is 13.2 Å². The van der Waals surface area contributed by atoms with Gasteiger partial charge >= 0.3 is 0 Å². The van der Waals surface area contributed by atoms with Crippen LogP contribution in [0, 0.1) is 6.92 Å². The maximum atomic E-state index is 12.9. The summed E-state index contributed by atoms with van der Waals surface area (Å²) in [5.41, 5.74) is 7.00. The summed E-state index contributed by atoms with van der Waals surface area (Å²) in [6, 6.07) is 11.1. The lowest BCUT2D eigenvalue weighted by Gasteiger charge is -2.21. The van der Waals surface area contributed by atoms with Gasteiger partial charge in [-0.3, -0.25) is 4.79 Å². The Morgan fingerprint density at radius 2 is 1.81 bits per heavy atom. The highest BCUT2D eigenvalue weighted by Gasteiger charge is 2.27. The standard InChI is InChI=1S/C18H25N3O4S/c1-14-16(13-17(25-14)26(23,24)20(2)3)18(22)21(12-10-19)11-9-15-7-5-4-6-8-15/h4-8,13H,9-12,19H2,1-3H3. The van der Waals surface area contributed by atoms with E-state index >= 15 is 0 Å². The number of nitrogens with two attached hydrogens (primary N) is 1. The first-order chi connectivity index (χ1) is 12.3. The number of hydrogen-bond donors (Lipinski definition) is 1. The molecule has 0 aliphatic rings. The van der Waals surface area contributed by atoms with Crippen molar-refractivity contribution in [2.45, 2.75) is 18.4 Å². The van der Waals surface area contributed by atoms with Gasteiger partial charge in [0.2, 0.25) is 5.09 Å². The van der Waals surface area contributed by atoms with E-state index < -0.39 is 10.0 Å². The third-order valence-electron chi connectivity index (χ3n) is 4.06. The quantitative estimate of drug-likeness (QED) is 0.749. The molecule has 2 N–H and O–H groups in total. The summed E-state index contributed by atoms with van der Waals surface area (Å²) in [6.45, 7) is 2.77. The van der Waals surface area contributed by atoms with Crippen molar-refractivity contribution >= 4 is 15.9 Å². The van der Waals surface area contributed by atoms with E-state index in [4.69, 9.17) is 10.2 Å². The minimum absolute atomic E-state index is 0.237. The number of nitrogens with zero attached hydrogens (tertiary/aromatic N) is 2. The Morgan fingerprint density at radius 3 is 2.38 bits per heavy atom. The lowest BCUT2D eigenvalue weighted by molar-refractivity contribution is 0.0760. The molecule has 0 saturated heterocycles. The number of sulfonamides is 1. The van der Waals surface area contributed by atoms with Crippen LogP contribution in [0.4, 0.5) is 0 Å². The molecule has 2 aromatic rings. The van der Waals surface area contributed by atoms with Crippen LogP contribution in [0.15, 0.2) is 45.9 Å². The van der Waals surface area contributed by atoms with Gasteiger partial charge in [0.1, 0.15) is 5.76 Å². The van der Waals surface area contributed by atoms with Crippen LogP contribution in [0.2, 0.25) is 0 Å². The van der Waals surface area contributed by atoms with Gasteiger partial charge in [-0.15, -0.1) is 0 Å². The molecule has 26 heavy (non-hydrogen) atoms. The Hall–Kier alpha value is -2.16. The minimum atomic E-state index is -3.73. The number of benzene rings is 1. The zero-order chi connectivity index (χ0) is 19.3. The van der Waals surface area contributed by atoms with Gasteiger partial charge in [-0.25, -0.2) is 12.7 Å². The average Bonchev–Trinajstić information content (AvgIpc) is 3.01. The molecule has 0 radical (unpaired) electrons. The molecule has 0 bridgehead atoms. The first-order valence-electron chi connectivity index (χ1n) is 8.33. The first-order valence-corrected chi connectivity index (χ1v) is 9.77. The molecule has 142 valence electrons. The molecule has 0 atom stereocenters. The molecule has 1 heterocycles. The molecule has 0 aliphatic heterocycles. The van der Waals surface area contributed by atoms with Gasteiger partial charge in [-0.1, -0.05) is 30.3 Å². The predicted molar refractivity (Wildman–Crippen MR) is 99.4 cm³/mol. The molecular weight excluding hydrogens is 354 g/mol. The van der Waals surface area contributed by atoms with Gasteiger partial charge in [0, 0.05) is 39.8 Å². The van der Waals surface area contributed by atoms with E-state index in [0.29, 0.717) is 26.1 Å². The zero-order valence-electron chi connectivity index (χ0n) is 15.3. The van der Waals surface area contributed by atoms with E-state index in [1.165, 1.54) is 20.2 Å². The van der Waals surface area contributed by atoms with E-state index in [1.54, 1.807) is 11.8 Å². The van der Waals surface area contributed by atoms with Crippen LogP contribution in [-0.2, 0) is 16.4 Å². The smallest absolute Gasteiger partial charge is 0.275 e. The Labute approximate surface area is 154 Å². The van der Waals surface area contributed by atoms with Crippen molar-refractivity contribution in [3.8, 4) is 0 Å². The van der Waals surface area contributed by atoms with Crippen molar-refractivity contribution in [2.24, 2.45) is 5.73 Å². The van der Waals surface area contributed by atoms with Gasteiger partial charge in [0.25, 0.3) is 15.9 Å². The Bertz CT molecular complexity index is 845. The van der Waals surface area contributed by atoms with Crippen molar-refractivity contribution in [3.63, 3.8) is 0 Å². The van der Waals surface area contributed by atoms with Crippen LogP contribution < -0.4 is 5.73 Å². The second-order valence-electron chi connectivity index (χ2n) is 6.14. The summed E-state index contributed by atoms with van der Waals surface area (Å²) in [6.07, 6.45) is 0.687. The molecule has 1 aromatic heterocycles. The number of furan rings is 1. The third-order valence-corrected chi connectivity index (χ3v) is 5.73. The van der Waals surface area contributed by atoms with Gasteiger partial charge in [-0.05, 0) is 18.9 Å². The third kappa shape index (κ3) is 4.51. The molecule has 0 aliphatic carbocycles. The normalized spacial score (nSPS) is 11.7. The zero-order valence-corrected chi connectivity index (χ0v) is 16.1. The highest BCUT2D eigenvalue weighted by atomic mass is 32.2. The van der Waals surface area contributed by atoms with Gasteiger partial charge in [0.05, 0.1) is 5.56 Å². The van der Waals surface area contributed by atoms with Gasteiger partial charge in [0.15, 0.2) is 0 Å². The molecule has 0 fully saturated rings. The number of amides is 1. The van der Waals surface area contributed by atoms with Crippen LogP contribution in [0.1, 0.15) is 21.7 Å². The summed E-state index contributed by atoms with van der Waals surface area (Å²) >= 11 is 0. The summed E-state index contributed by atoms with van der Waals surface area (Å²) < 4.78 is 30.8. The van der Waals surface area contributed by atoms with E-state index in [0.717, 1.165) is 9.87 Å². The fourth-order valence-electron chi connectivity index (χ4n) is 2.52. The molecule has 0 saturated carbocycles. The lowest BCUT2D eigenvalue weighted by atomic mass is 10.1. The van der Waals surface area contributed by atoms with Crippen LogP contribution in [0.5, 0.6) is 0 Å². The van der Waals surface area contributed by atoms with Crippen molar-refractivity contribution in [3.05, 3.63) is 53.3 Å². The van der Waals surface area contributed by atoms with Crippen molar-refractivity contribution < 1.29 is 17.6 Å². The Balaban J connectivity index is 2.22. The minimum Gasteiger partial charge on any atom is -0.448 e. The molecular formula is C18H25N3O4S. The largest absolute Gasteiger partial charge is 0.448 e. The highest BCUT2D eigenvalue weighted by molar-refractivity contribution is 7.88. The van der Waals surface area contributed by atoms with Crippen molar-refractivity contribution in [1.29, 1.82) is 0 Å². The summed E-state index contributed by atoms with van der Waals surface area (Å²) in [5, 5.41) is -0.237. The highest BCUT2D eigenvalue weighted by Crippen LogP contribution is 2.22. The molecule has 8 heteroatoms. The molecule has 0 unspecified atom stereocenters. The molecule has 1 amide bonds. The van der Waals surface area contributed by atoms with Crippen LogP contribution in [0.3, 0.4) is 0 Å². The SMILES string of the molecule is Cc1oc(S(=O)(=O)N(C)C)cc1C(=O)N(CCN)CCc1ccccc1. The Morgan fingerprint density at radius 1 is 1.15 bits per heavy atom. The van der Waals surface area contributed by atoms with Crippen molar-refractivity contribution in [1.82, 2.24) is 9.21 Å². The van der Waals surface area contributed by atoms with E-state index in [1.807, 2.05) is 30.3 Å². The van der Waals surface area contributed by atoms with Crippen LogP contribution in [0.25, 0.3) is 0 Å². The monoisotopic (exact) mass is 379 g/mol. The molecule has 1 aromatic carbocycles. The second kappa shape index (κ2) is 8.48. The summed E-state index contributed by atoms with van der Waals surface area (Å²) in [7, 11) is -0.910. The maximum absolute atomic E-state index is 12.9. The first kappa shape index (κ1) is 20.2. The Kier molecular flexibility index (Phi) is 6.57. The summed E-state index contributed by atoms with van der Waals surface area (Å²) in [4.78, 5) is 14.5. The number of rotatable bonds is 8. The van der Waals surface area contributed by atoms with E-state index in [-0.39, 0.29) is 22.3 Å². The van der Waals surface area contributed by atoms with E-state index in [2.05, 4.69) is 0 Å². The fraction of sp³-hybridized carbons (Fsp3) is 0.389. The molecule has 0 spiro atoms. The topological polar surface area (TPSA) is 96.8 Å². The maximum Gasteiger partial charge on any atom is 0.275 e. The molecule has 7 nitrogen and oxygen atoms in total. The van der Waals surface area contributed by atoms with Crippen LogP contribution >= 0.6 is 0 Å². The predicted octanol–water partition coefficient (Wildman–Crippen LogP) is 1.48. The second-order valence-corrected chi connectivity index (χ2v) is 8.22. The number of carbonyl (C=O) groups excluding carboxylic acids is 1. The number of carbonyl (C=O) groups is 1. The van der Waals surface area contributed by atoms with Crippen molar-refractivity contribution in [2.75, 3.05) is 33.7 Å². The van der Waals surface area contributed by atoms with Gasteiger partial charge in [-0.2, -0.15) is 0 Å². The lowest BCUT2D eigenvalue weighted by Crippen LogP contribution is -2.37. The number of hydrogen-bond acceptors (Lipinski definition) is 5. The average molecular weight is 379 g/mol. The van der Waals surface area contributed by atoms with Crippen LogP contribution in [-0.4, -0.2) is 57.3 Å². The van der Waals surface area contributed by atoms with Gasteiger partial charge < -0.3 is 15.1 Å². The fourth-order valence-corrected chi connectivity index (χ4v) is 3.38. The molecule has 2 rings (SSSR count).